The number of hydrogen-bond donors (Lipinski definition) is 0. The van der Waals surface area contributed by atoms with Gasteiger partial charge in [0.2, 0.25) is 5.91 Å². The molecule has 0 aromatic carbocycles. The highest BCUT2D eigenvalue weighted by atomic mass is 16.2. The Balaban J connectivity index is 2.16. The van der Waals surface area contributed by atoms with E-state index in [0.29, 0.717) is 12.3 Å². The number of amides is 1. The van der Waals surface area contributed by atoms with Crippen molar-refractivity contribution < 1.29 is 4.79 Å². The maximum atomic E-state index is 11.6. The van der Waals surface area contributed by atoms with Crippen LogP contribution in [-0.2, 0) is 4.79 Å². The molecule has 1 amide bonds. The van der Waals surface area contributed by atoms with Crippen molar-refractivity contribution in [1.29, 1.82) is 0 Å². The zero-order valence-corrected chi connectivity index (χ0v) is 11.0. The molecule has 0 unspecified atom stereocenters. The molecule has 0 saturated carbocycles. The lowest BCUT2D eigenvalue weighted by atomic mass is 9.93. The summed E-state index contributed by atoms with van der Waals surface area (Å²) in [5.41, 5.74) is 0. The van der Waals surface area contributed by atoms with Crippen molar-refractivity contribution in [3.05, 3.63) is 0 Å². The van der Waals surface area contributed by atoms with Crippen LogP contribution in [0.5, 0.6) is 0 Å². The molecule has 94 valence electrons. The summed E-state index contributed by atoms with van der Waals surface area (Å²) in [6.45, 7) is 5.44. The molecule has 0 bridgehead atoms. The van der Waals surface area contributed by atoms with Gasteiger partial charge < -0.3 is 9.80 Å². The van der Waals surface area contributed by atoms with Crippen LogP contribution in [0, 0.1) is 5.92 Å². The maximum absolute atomic E-state index is 11.6. The van der Waals surface area contributed by atoms with E-state index in [1.54, 1.807) is 0 Å². The summed E-state index contributed by atoms with van der Waals surface area (Å²) in [6, 6.07) is 0. The zero-order valence-electron chi connectivity index (χ0n) is 11.0. The molecule has 0 aliphatic carbocycles. The molecule has 0 aromatic heterocycles. The van der Waals surface area contributed by atoms with E-state index >= 15 is 0 Å². The first-order valence-corrected chi connectivity index (χ1v) is 6.56. The molecule has 0 spiro atoms. The van der Waals surface area contributed by atoms with Gasteiger partial charge in [-0.1, -0.05) is 6.92 Å². The van der Waals surface area contributed by atoms with E-state index in [-0.39, 0.29) is 0 Å². The van der Waals surface area contributed by atoms with Crippen LogP contribution < -0.4 is 0 Å². The van der Waals surface area contributed by atoms with Gasteiger partial charge in [-0.05, 0) is 51.7 Å². The molecule has 1 heterocycles. The molecule has 0 atom stereocenters. The lowest BCUT2D eigenvalue weighted by Gasteiger charge is -2.30. The third-order valence-corrected chi connectivity index (χ3v) is 3.60. The van der Waals surface area contributed by atoms with Crippen LogP contribution in [0.15, 0.2) is 0 Å². The molecule has 0 radical (unpaired) electrons. The molecule has 3 nitrogen and oxygen atoms in total. The summed E-state index contributed by atoms with van der Waals surface area (Å²) in [7, 11) is 4.13. The van der Waals surface area contributed by atoms with E-state index < -0.39 is 0 Å². The van der Waals surface area contributed by atoms with E-state index in [4.69, 9.17) is 0 Å². The lowest BCUT2D eigenvalue weighted by Crippen LogP contribution is -2.33. The second kappa shape index (κ2) is 6.89. The first-order chi connectivity index (χ1) is 7.63. The lowest BCUT2D eigenvalue weighted by molar-refractivity contribution is -0.130. The van der Waals surface area contributed by atoms with Crippen molar-refractivity contribution in [3.8, 4) is 0 Å². The minimum atomic E-state index is 0.301. The highest BCUT2D eigenvalue weighted by molar-refractivity contribution is 5.75. The van der Waals surface area contributed by atoms with Gasteiger partial charge in [0.05, 0.1) is 0 Å². The van der Waals surface area contributed by atoms with Crippen molar-refractivity contribution in [1.82, 2.24) is 9.80 Å². The first-order valence-electron chi connectivity index (χ1n) is 6.56. The van der Waals surface area contributed by atoms with Crippen LogP contribution in [0.25, 0.3) is 0 Å². The van der Waals surface area contributed by atoms with Crippen LogP contribution in [0.2, 0.25) is 0 Å². The van der Waals surface area contributed by atoms with Gasteiger partial charge in [0.1, 0.15) is 0 Å². The predicted octanol–water partition coefficient (Wildman–Crippen LogP) is 1.98. The van der Waals surface area contributed by atoms with Gasteiger partial charge in [-0.25, -0.2) is 0 Å². The van der Waals surface area contributed by atoms with Gasteiger partial charge in [-0.2, -0.15) is 0 Å². The predicted molar refractivity (Wildman–Crippen MR) is 67.4 cm³/mol. The fourth-order valence-corrected chi connectivity index (χ4v) is 2.26. The molecule has 1 aliphatic rings. The molecular weight excluding hydrogens is 200 g/mol. The van der Waals surface area contributed by atoms with Gasteiger partial charge in [0, 0.05) is 20.0 Å². The van der Waals surface area contributed by atoms with E-state index in [2.05, 4.69) is 18.9 Å². The SMILES string of the molecule is CCCC(=O)N(C)CCC1CCN(C)CC1. The monoisotopic (exact) mass is 226 g/mol. The van der Waals surface area contributed by atoms with E-state index in [9.17, 15) is 4.79 Å². The van der Waals surface area contributed by atoms with Crippen molar-refractivity contribution in [2.75, 3.05) is 33.7 Å². The van der Waals surface area contributed by atoms with E-state index in [1.807, 2.05) is 11.9 Å². The van der Waals surface area contributed by atoms with E-state index in [1.165, 1.54) is 32.4 Å². The average Bonchev–Trinajstić information content (AvgIpc) is 2.28. The molecule has 16 heavy (non-hydrogen) atoms. The summed E-state index contributed by atoms with van der Waals surface area (Å²) in [5.74, 6) is 1.13. The average molecular weight is 226 g/mol. The maximum Gasteiger partial charge on any atom is 0.222 e. The third kappa shape index (κ3) is 4.52. The van der Waals surface area contributed by atoms with Crippen molar-refractivity contribution >= 4 is 5.91 Å². The summed E-state index contributed by atoms with van der Waals surface area (Å²) in [5, 5.41) is 0. The molecule has 0 N–H and O–H groups in total. The van der Waals surface area contributed by atoms with Crippen LogP contribution in [0.3, 0.4) is 0 Å². The van der Waals surface area contributed by atoms with Gasteiger partial charge in [0.25, 0.3) is 0 Å². The summed E-state index contributed by atoms with van der Waals surface area (Å²) in [6.07, 6.45) is 5.43. The Hall–Kier alpha value is -0.570. The van der Waals surface area contributed by atoms with Gasteiger partial charge >= 0.3 is 0 Å². The molecule has 1 fully saturated rings. The third-order valence-electron chi connectivity index (χ3n) is 3.60. The fraction of sp³-hybridized carbons (Fsp3) is 0.923. The van der Waals surface area contributed by atoms with Crippen molar-refractivity contribution in [2.24, 2.45) is 5.92 Å². The number of carbonyl (C=O) groups excluding carboxylic acids is 1. The van der Waals surface area contributed by atoms with Crippen LogP contribution in [0.1, 0.15) is 39.0 Å². The molecule has 0 aromatic rings. The summed E-state index contributed by atoms with van der Waals surface area (Å²) < 4.78 is 0. The fourth-order valence-electron chi connectivity index (χ4n) is 2.26. The Morgan fingerprint density at radius 1 is 1.38 bits per heavy atom. The number of carbonyl (C=O) groups is 1. The largest absolute Gasteiger partial charge is 0.346 e. The van der Waals surface area contributed by atoms with Gasteiger partial charge in [-0.3, -0.25) is 4.79 Å². The Bertz CT molecular complexity index is 210. The number of hydrogen-bond acceptors (Lipinski definition) is 2. The Morgan fingerprint density at radius 3 is 2.56 bits per heavy atom. The van der Waals surface area contributed by atoms with Gasteiger partial charge in [-0.15, -0.1) is 0 Å². The minimum Gasteiger partial charge on any atom is -0.346 e. The first kappa shape index (κ1) is 13.5. The Morgan fingerprint density at radius 2 is 2.00 bits per heavy atom. The Kier molecular flexibility index (Phi) is 5.81. The standard InChI is InChI=1S/C13H26N2O/c1-4-5-13(16)15(3)11-8-12-6-9-14(2)10-7-12/h12H,4-11H2,1-3H3. The summed E-state index contributed by atoms with van der Waals surface area (Å²) in [4.78, 5) is 15.9. The van der Waals surface area contributed by atoms with Crippen LogP contribution in [0.4, 0.5) is 0 Å². The highest BCUT2D eigenvalue weighted by Gasteiger charge is 2.17. The highest BCUT2D eigenvalue weighted by Crippen LogP contribution is 2.19. The topological polar surface area (TPSA) is 23.6 Å². The zero-order chi connectivity index (χ0) is 12.0. The normalized spacial score (nSPS) is 18.7. The quantitative estimate of drug-likeness (QED) is 0.715. The molecule has 1 rings (SSSR count). The second-order valence-corrected chi connectivity index (χ2v) is 5.10. The van der Waals surface area contributed by atoms with Crippen molar-refractivity contribution in [2.45, 2.75) is 39.0 Å². The molecule has 1 saturated heterocycles. The second-order valence-electron chi connectivity index (χ2n) is 5.10. The number of nitrogens with zero attached hydrogens (tertiary/aromatic N) is 2. The Labute approximate surface area is 99.8 Å². The van der Waals surface area contributed by atoms with Crippen molar-refractivity contribution in [3.63, 3.8) is 0 Å². The van der Waals surface area contributed by atoms with Gasteiger partial charge in [0.15, 0.2) is 0 Å². The molecule has 1 aliphatic heterocycles. The molecular formula is C13H26N2O. The number of rotatable bonds is 5. The van der Waals surface area contributed by atoms with E-state index in [0.717, 1.165) is 18.9 Å². The van der Waals surface area contributed by atoms with Crippen LogP contribution in [-0.4, -0.2) is 49.4 Å². The summed E-state index contributed by atoms with van der Waals surface area (Å²) >= 11 is 0. The number of likely N-dealkylation sites (tertiary alicyclic amines) is 1. The molecule has 3 heteroatoms. The smallest absolute Gasteiger partial charge is 0.222 e. The minimum absolute atomic E-state index is 0.301. The number of piperidine rings is 1. The van der Waals surface area contributed by atoms with Crippen LogP contribution >= 0.6 is 0 Å².